The van der Waals surface area contributed by atoms with Crippen molar-refractivity contribution in [2.45, 2.75) is 25.6 Å². The Morgan fingerprint density at radius 2 is 1.97 bits per heavy atom. The van der Waals surface area contributed by atoms with Crippen LogP contribution in [0.5, 0.6) is 5.75 Å². The highest BCUT2D eigenvalue weighted by Crippen LogP contribution is 2.31. The Morgan fingerprint density at radius 1 is 1.24 bits per heavy atom. The van der Waals surface area contributed by atoms with Gasteiger partial charge in [0.05, 0.1) is 6.26 Å². The number of nitrogens with one attached hydrogen (secondary N) is 1. The van der Waals surface area contributed by atoms with E-state index in [1.54, 1.807) is 24.3 Å². The predicted molar refractivity (Wildman–Crippen MR) is 114 cm³/mol. The normalized spacial score (nSPS) is 14.6. The monoisotopic (exact) mass is 474 g/mol. The number of halogens is 3. The number of nitrogens with zero attached hydrogens (tertiary/aromatic N) is 3. The fraction of sp³-hybridized carbons (Fsp3) is 0.348. The molecule has 178 valence electrons. The maximum absolute atomic E-state index is 12.6. The van der Waals surface area contributed by atoms with Crippen LogP contribution in [-0.2, 0) is 11.3 Å². The number of oxazole rings is 1. The molecule has 0 atom stereocenters. The standard InChI is InChI=1S/C23H21F3N4O4/c24-23(25,26)14-33-17-5-3-15(4-6-17)13-28-20(31)16-7-9-30(10-8-16)22-18(12-27)29-21(34-22)19-2-1-11-32-19/h1-6,11,16H,7-10,13-14H2,(H,28,31). The molecule has 0 bridgehead atoms. The van der Waals surface area contributed by atoms with Crippen LogP contribution in [0.4, 0.5) is 19.1 Å². The molecule has 3 aromatic rings. The third-order valence-corrected chi connectivity index (χ3v) is 5.39. The molecular formula is C23H21F3N4O4. The van der Waals surface area contributed by atoms with Crippen molar-refractivity contribution < 1.29 is 31.5 Å². The van der Waals surface area contributed by atoms with Crippen LogP contribution in [0.3, 0.4) is 0 Å². The van der Waals surface area contributed by atoms with E-state index in [9.17, 15) is 23.2 Å². The minimum Gasteiger partial charge on any atom is -0.484 e. The van der Waals surface area contributed by atoms with E-state index in [0.29, 0.717) is 37.6 Å². The van der Waals surface area contributed by atoms with E-state index in [1.165, 1.54) is 18.4 Å². The van der Waals surface area contributed by atoms with E-state index < -0.39 is 12.8 Å². The second kappa shape index (κ2) is 9.91. The summed E-state index contributed by atoms with van der Waals surface area (Å²) in [6, 6.07) is 11.5. The maximum atomic E-state index is 12.6. The number of benzene rings is 1. The lowest BCUT2D eigenvalue weighted by atomic mass is 9.96. The van der Waals surface area contributed by atoms with Crippen molar-refractivity contribution in [2.75, 3.05) is 24.6 Å². The molecule has 0 saturated carbocycles. The molecular weight excluding hydrogens is 453 g/mol. The Bertz CT molecular complexity index is 1140. The van der Waals surface area contributed by atoms with Crippen molar-refractivity contribution in [2.24, 2.45) is 5.92 Å². The molecule has 1 aromatic carbocycles. The van der Waals surface area contributed by atoms with E-state index in [0.717, 1.165) is 5.56 Å². The summed E-state index contributed by atoms with van der Waals surface area (Å²) >= 11 is 0. The van der Waals surface area contributed by atoms with Gasteiger partial charge in [0, 0.05) is 25.6 Å². The van der Waals surface area contributed by atoms with Crippen LogP contribution >= 0.6 is 0 Å². The molecule has 0 spiro atoms. The highest BCUT2D eigenvalue weighted by atomic mass is 19.4. The number of nitriles is 1. The Labute approximate surface area is 192 Å². The molecule has 1 fully saturated rings. The lowest BCUT2D eigenvalue weighted by Gasteiger charge is -2.31. The number of ether oxygens (including phenoxy) is 1. The number of amides is 1. The molecule has 1 aliphatic heterocycles. The number of hydrogen-bond acceptors (Lipinski definition) is 7. The summed E-state index contributed by atoms with van der Waals surface area (Å²) in [5, 5.41) is 12.3. The Kier molecular flexibility index (Phi) is 6.77. The largest absolute Gasteiger partial charge is 0.484 e. The Morgan fingerprint density at radius 3 is 2.59 bits per heavy atom. The first-order chi connectivity index (χ1) is 16.3. The van der Waals surface area contributed by atoms with Crippen molar-refractivity contribution in [3.05, 3.63) is 53.9 Å². The lowest BCUT2D eigenvalue weighted by Crippen LogP contribution is -2.40. The Hall–Kier alpha value is -3.94. The maximum Gasteiger partial charge on any atom is 0.422 e. The third-order valence-electron chi connectivity index (χ3n) is 5.39. The van der Waals surface area contributed by atoms with Crippen LogP contribution in [0.25, 0.3) is 11.7 Å². The predicted octanol–water partition coefficient (Wildman–Crippen LogP) is 4.28. The molecule has 0 aliphatic carbocycles. The molecule has 1 aliphatic rings. The van der Waals surface area contributed by atoms with Crippen molar-refractivity contribution in [1.29, 1.82) is 5.26 Å². The summed E-state index contributed by atoms with van der Waals surface area (Å²) in [5.74, 6) is 0.818. The molecule has 11 heteroatoms. The fourth-order valence-corrected chi connectivity index (χ4v) is 3.65. The number of aromatic nitrogens is 1. The van der Waals surface area contributed by atoms with Gasteiger partial charge in [0.25, 0.3) is 5.89 Å². The number of carbonyl (C=O) groups is 1. The van der Waals surface area contributed by atoms with Gasteiger partial charge < -0.3 is 23.8 Å². The molecule has 4 rings (SSSR count). The van der Waals surface area contributed by atoms with Gasteiger partial charge in [-0.25, -0.2) is 0 Å². The smallest absolute Gasteiger partial charge is 0.422 e. The third kappa shape index (κ3) is 5.70. The van der Waals surface area contributed by atoms with Crippen LogP contribution in [0.1, 0.15) is 24.1 Å². The number of piperidine rings is 1. The number of furan rings is 1. The summed E-state index contributed by atoms with van der Waals surface area (Å²) in [4.78, 5) is 18.7. The zero-order valence-electron chi connectivity index (χ0n) is 18.0. The van der Waals surface area contributed by atoms with Gasteiger partial charge >= 0.3 is 6.18 Å². The molecule has 1 N–H and O–H groups in total. The highest BCUT2D eigenvalue weighted by Gasteiger charge is 2.30. The average molecular weight is 474 g/mol. The van der Waals surface area contributed by atoms with E-state index in [2.05, 4.69) is 15.0 Å². The van der Waals surface area contributed by atoms with E-state index in [-0.39, 0.29) is 35.7 Å². The van der Waals surface area contributed by atoms with Gasteiger partial charge in [-0.1, -0.05) is 12.1 Å². The molecule has 8 nitrogen and oxygen atoms in total. The molecule has 3 heterocycles. The van der Waals surface area contributed by atoms with E-state index >= 15 is 0 Å². The second-order valence-corrected chi connectivity index (χ2v) is 7.79. The highest BCUT2D eigenvalue weighted by molar-refractivity contribution is 5.79. The summed E-state index contributed by atoms with van der Waals surface area (Å²) in [6.45, 7) is -0.0583. The van der Waals surface area contributed by atoms with Gasteiger partial charge in [-0.05, 0) is 42.7 Å². The first-order valence-electron chi connectivity index (χ1n) is 10.6. The van der Waals surface area contributed by atoms with Gasteiger partial charge in [0.2, 0.25) is 17.5 Å². The van der Waals surface area contributed by atoms with Gasteiger partial charge in [0.15, 0.2) is 12.4 Å². The van der Waals surface area contributed by atoms with Gasteiger partial charge in [0.1, 0.15) is 11.8 Å². The number of carbonyl (C=O) groups excluding carboxylic acids is 1. The van der Waals surface area contributed by atoms with Crippen LogP contribution in [-0.4, -0.2) is 36.8 Å². The number of anilines is 1. The van der Waals surface area contributed by atoms with Crippen LogP contribution in [0.15, 0.2) is 51.5 Å². The molecule has 2 aromatic heterocycles. The van der Waals surface area contributed by atoms with Gasteiger partial charge in [-0.15, -0.1) is 0 Å². The van der Waals surface area contributed by atoms with Gasteiger partial charge in [-0.3, -0.25) is 4.79 Å². The SMILES string of the molecule is N#Cc1nc(-c2ccco2)oc1N1CCC(C(=O)NCc2ccc(OCC(F)(F)F)cc2)CC1. The van der Waals surface area contributed by atoms with E-state index in [4.69, 9.17) is 8.83 Å². The quantitative estimate of drug-likeness (QED) is 0.545. The van der Waals surface area contributed by atoms with Crippen molar-refractivity contribution in [3.63, 3.8) is 0 Å². The van der Waals surface area contributed by atoms with Gasteiger partial charge in [-0.2, -0.15) is 23.4 Å². The number of alkyl halides is 3. The minimum absolute atomic E-state index is 0.105. The average Bonchev–Trinajstić information content (AvgIpc) is 3.51. The van der Waals surface area contributed by atoms with Crippen molar-refractivity contribution in [1.82, 2.24) is 10.3 Å². The van der Waals surface area contributed by atoms with Crippen molar-refractivity contribution in [3.8, 4) is 23.5 Å². The molecule has 1 saturated heterocycles. The lowest BCUT2D eigenvalue weighted by molar-refractivity contribution is -0.153. The summed E-state index contributed by atoms with van der Waals surface area (Å²) in [5.41, 5.74) is 0.910. The summed E-state index contributed by atoms with van der Waals surface area (Å²) in [6.07, 6.45) is -1.77. The van der Waals surface area contributed by atoms with Crippen LogP contribution in [0.2, 0.25) is 0 Å². The minimum atomic E-state index is -4.40. The number of hydrogen-bond donors (Lipinski definition) is 1. The first kappa shape index (κ1) is 23.2. The topological polar surface area (TPSA) is 105 Å². The molecule has 0 unspecified atom stereocenters. The first-order valence-corrected chi connectivity index (χ1v) is 10.6. The van der Waals surface area contributed by atoms with Crippen LogP contribution < -0.4 is 15.0 Å². The zero-order valence-corrected chi connectivity index (χ0v) is 18.0. The second-order valence-electron chi connectivity index (χ2n) is 7.79. The number of rotatable bonds is 7. The summed E-state index contributed by atoms with van der Waals surface area (Å²) < 4.78 is 52.4. The molecule has 34 heavy (non-hydrogen) atoms. The van der Waals surface area contributed by atoms with E-state index in [1.807, 2.05) is 11.0 Å². The Balaban J connectivity index is 1.27. The van der Waals surface area contributed by atoms with Crippen LogP contribution in [0, 0.1) is 17.2 Å². The molecule has 0 radical (unpaired) electrons. The fourth-order valence-electron chi connectivity index (χ4n) is 3.65. The zero-order chi connectivity index (χ0) is 24.1. The summed E-state index contributed by atoms with van der Waals surface area (Å²) in [7, 11) is 0. The molecule has 1 amide bonds. The van der Waals surface area contributed by atoms with Crippen molar-refractivity contribution >= 4 is 11.8 Å².